The third-order valence-electron chi connectivity index (χ3n) is 4.34. The topological polar surface area (TPSA) is 58.8 Å². The van der Waals surface area contributed by atoms with Crippen LogP contribution in [0.3, 0.4) is 0 Å². The molecule has 2 atom stereocenters. The van der Waals surface area contributed by atoms with Crippen molar-refractivity contribution < 1.29 is 9.53 Å². The maximum absolute atomic E-state index is 12.6. The molecule has 1 amide bonds. The molecule has 2 heterocycles. The van der Waals surface area contributed by atoms with Crippen LogP contribution in [0.2, 0.25) is 0 Å². The molecule has 2 N–H and O–H groups in total. The zero-order valence-electron chi connectivity index (χ0n) is 11.7. The number of carbonyl (C=O) groups is 1. The van der Waals surface area contributed by atoms with Crippen LogP contribution in [-0.2, 0) is 9.53 Å². The van der Waals surface area contributed by atoms with Gasteiger partial charge in [-0.05, 0) is 20.8 Å². The van der Waals surface area contributed by atoms with Crippen LogP contribution < -0.4 is 5.73 Å². The van der Waals surface area contributed by atoms with E-state index in [0.29, 0.717) is 19.3 Å². The van der Waals surface area contributed by atoms with Crippen LogP contribution in [0.15, 0.2) is 0 Å². The Balaban J connectivity index is 1.95. The van der Waals surface area contributed by atoms with E-state index in [1.165, 1.54) is 0 Å². The molecule has 2 saturated heterocycles. The summed E-state index contributed by atoms with van der Waals surface area (Å²) in [5.74, 6) is 0.163. The van der Waals surface area contributed by atoms with Crippen molar-refractivity contribution in [3.8, 4) is 0 Å². The maximum Gasteiger partial charge on any atom is 0.232 e. The molecule has 18 heavy (non-hydrogen) atoms. The lowest BCUT2D eigenvalue weighted by atomic mass is 9.84. The smallest absolute Gasteiger partial charge is 0.232 e. The number of piperazine rings is 1. The molecule has 0 aromatic carbocycles. The first-order chi connectivity index (χ1) is 8.45. The fourth-order valence-corrected chi connectivity index (χ4v) is 2.71. The summed E-state index contributed by atoms with van der Waals surface area (Å²) in [4.78, 5) is 16.9. The van der Waals surface area contributed by atoms with Crippen molar-refractivity contribution in [2.45, 2.75) is 32.9 Å². The molecule has 2 aliphatic heterocycles. The summed E-state index contributed by atoms with van der Waals surface area (Å²) >= 11 is 0. The highest BCUT2D eigenvalue weighted by Crippen LogP contribution is 2.29. The molecule has 2 fully saturated rings. The zero-order valence-corrected chi connectivity index (χ0v) is 11.7. The van der Waals surface area contributed by atoms with Crippen molar-refractivity contribution in [3.05, 3.63) is 0 Å². The number of carbonyl (C=O) groups excluding carboxylic acids is 1. The lowest BCUT2D eigenvalue weighted by molar-refractivity contribution is -0.143. The van der Waals surface area contributed by atoms with Gasteiger partial charge < -0.3 is 15.4 Å². The minimum absolute atomic E-state index is 0.163. The second-order valence-corrected chi connectivity index (χ2v) is 5.96. The fraction of sp³-hybridized carbons (Fsp3) is 0.923. The number of hydrogen-bond acceptors (Lipinski definition) is 4. The summed E-state index contributed by atoms with van der Waals surface area (Å²) in [6.07, 6.45) is 0. The number of ether oxygens (including phenoxy) is 1. The van der Waals surface area contributed by atoms with Crippen LogP contribution in [0.4, 0.5) is 0 Å². The molecular formula is C13H25N3O2. The second kappa shape index (κ2) is 5.15. The first kappa shape index (κ1) is 13.8. The SMILES string of the molecule is CC(C)N1CCN(C(=O)C2(C)COCC2N)CC1. The normalized spacial score (nSPS) is 34.3. The lowest BCUT2D eigenvalue weighted by Gasteiger charge is -2.40. The Bertz CT molecular complexity index is 313. The van der Waals surface area contributed by atoms with E-state index in [-0.39, 0.29) is 11.9 Å². The average Bonchev–Trinajstić information content (AvgIpc) is 2.70. The minimum atomic E-state index is -0.528. The fourth-order valence-electron chi connectivity index (χ4n) is 2.71. The highest BCUT2D eigenvalue weighted by Gasteiger charge is 2.46. The number of hydrogen-bond donors (Lipinski definition) is 1. The Kier molecular flexibility index (Phi) is 3.94. The van der Waals surface area contributed by atoms with Gasteiger partial charge >= 0.3 is 0 Å². The molecule has 2 aliphatic rings. The highest BCUT2D eigenvalue weighted by molar-refractivity contribution is 5.83. The third-order valence-corrected chi connectivity index (χ3v) is 4.34. The van der Waals surface area contributed by atoms with Crippen molar-refractivity contribution in [1.82, 2.24) is 9.80 Å². The molecule has 2 rings (SSSR count). The maximum atomic E-state index is 12.6. The quantitative estimate of drug-likeness (QED) is 0.749. The van der Waals surface area contributed by atoms with Crippen molar-refractivity contribution in [2.24, 2.45) is 11.1 Å². The Labute approximate surface area is 109 Å². The molecule has 0 aromatic rings. The number of nitrogens with two attached hydrogens (primary N) is 1. The van der Waals surface area contributed by atoms with E-state index in [9.17, 15) is 4.79 Å². The van der Waals surface area contributed by atoms with Gasteiger partial charge in [0.25, 0.3) is 0 Å². The Morgan fingerprint density at radius 1 is 1.33 bits per heavy atom. The zero-order chi connectivity index (χ0) is 13.3. The van der Waals surface area contributed by atoms with Gasteiger partial charge in [-0.1, -0.05) is 0 Å². The summed E-state index contributed by atoms with van der Waals surface area (Å²) < 4.78 is 5.36. The Morgan fingerprint density at radius 3 is 2.39 bits per heavy atom. The van der Waals surface area contributed by atoms with E-state index in [1.54, 1.807) is 0 Å². The van der Waals surface area contributed by atoms with Gasteiger partial charge in [-0.3, -0.25) is 9.69 Å². The molecule has 5 heteroatoms. The van der Waals surface area contributed by atoms with E-state index in [1.807, 2.05) is 11.8 Å². The Hall–Kier alpha value is -0.650. The van der Waals surface area contributed by atoms with Crippen LogP contribution in [0, 0.1) is 5.41 Å². The standard InChI is InChI=1S/C13H25N3O2/c1-10(2)15-4-6-16(7-5-15)12(17)13(3)9-18-8-11(13)14/h10-11H,4-9,14H2,1-3H3. The first-order valence-corrected chi connectivity index (χ1v) is 6.82. The van der Waals surface area contributed by atoms with Gasteiger partial charge in [0, 0.05) is 38.3 Å². The van der Waals surface area contributed by atoms with Crippen LogP contribution in [0.1, 0.15) is 20.8 Å². The van der Waals surface area contributed by atoms with Gasteiger partial charge in [-0.2, -0.15) is 0 Å². The average molecular weight is 255 g/mol. The molecule has 0 bridgehead atoms. The molecule has 2 unspecified atom stereocenters. The van der Waals surface area contributed by atoms with Crippen molar-refractivity contribution in [1.29, 1.82) is 0 Å². The predicted molar refractivity (Wildman–Crippen MR) is 70.2 cm³/mol. The van der Waals surface area contributed by atoms with Gasteiger partial charge in [-0.25, -0.2) is 0 Å². The largest absolute Gasteiger partial charge is 0.379 e. The second-order valence-electron chi connectivity index (χ2n) is 5.96. The van der Waals surface area contributed by atoms with E-state index in [2.05, 4.69) is 18.7 Å². The third kappa shape index (κ3) is 2.39. The molecule has 0 aromatic heterocycles. The van der Waals surface area contributed by atoms with Crippen LogP contribution in [-0.4, -0.2) is 67.2 Å². The van der Waals surface area contributed by atoms with E-state index < -0.39 is 5.41 Å². The molecule has 0 radical (unpaired) electrons. The Morgan fingerprint density at radius 2 is 1.94 bits per heavy atom. The molecule has 5 nitrogen and oxygen atoms in total. The molecule has 0 aliphatic carbocycles. The number of nitrogens with zero attached hydrogens (tertiary/aromatic N) is 2. The summed E-state index contributed by atoms with van der Waals surface area (Å²) in [5, 5.41) is 0. The van der Waals surface area contributed by atoms with E-state index in [0.717, 1.165) is 26.2 Å². The van der Waals surface area contributed by atoms with Gasteiger partial charge in [0.1, 0.15) is 0 Å². The lowest BCUT2D eigenvalue weighted by Crippen LogP contribution is -2.57. The van der Waals surface area contributed by atoms with Crippen LogP contribution in [0.5, 0.6) is 0 Å². The number of rotatable bonds is 2. The van der Waals surface area contributed by atoms with Crippen molar-refractivity contribution >= 4 is 5.91 Å². The summed E-state index contributed by atoms with van der Waals surface area (Å²) in [5.41, 5.74) is 5.49. The predicted octanol–water partition coefficient (Wildman–Crippen LogP) is -0.0972. The van der Waals surface area contributed by atoms with E-state index >= 15 is 0 Å². The van der Waals surface area contributed by atoms with Crippen molar-refractivity contribution in [2.75, 3.05) is 39.4 Å². The van der Waals surface area contributed by atoms with Crippen molar-refractivity contribution in [3.63, 3.8) is 0 Å². The molecule has 104 valence electrons. The molecule has 0 saturated carbocycles. The molecular weight excluding hydrogens is 230 g/mol. The van der Waals surface area contributed by atoms with Gasteiger partial charge in [-0.15, -0.1) is 0 Å². The summed E-state index contributed by atoms with van der Waals surface area (Å²) in [6.45, 7) is 10.8. The van der Waals surface area contributed by atoms with Crippen LogP contribution >= 0.6 is 0 Å². The summed E-state index contributed by atoms with van der Waals surface area (Å²) in [6, 6.07) is 0.378. The van der Waals surface area contributed by atoms with E-state index in [4.69, 9.17) is 10.5 Å². The number of amides is 1. The highest BCUT2D eigenvalue weighted by atomic mass is 16.5. The summed E-state index contributed by atoms with van der Waals surface area (Å²) in [7, 11) is 0. The van der Waals surface area contributed by atoms with Gasteiger partial charge in [0.15, 0.2) is 0 Å². The van der Waals surface area contributed by atoms with Gasteiger partial charge in [0.2, 0.25) is 5.91 Å². The monoisotopic (exact) mass is 255 g/mol. The van der Waals surface area contributed by atoms with Crippen LogP contribution in [0.25, 0.3) is 0 Å². The van der Waals surface area contributed by atoms with Gasteiger partial charge in [0.05, 0.1) is 18.6 Å². The minimum Gasteiger partial charge on any atom is -0.379 e. The first-order valence-electron chi connectivity index (χ1n) is 6.82. The molecule has 0 spiro atoms.